The molecule has 0 fully saturated rings. The van der Waals surface area contributed by atoms with Crippen LogP contribution in [-0.4, -0.2) is 70.5 Å². The number of rotatable bonds is 13. The molecule has 9 N–H and O–H groups in total. The SMILES string of the molecule is NC(=O)CC(NC(=O)CNC(=O)C(N)Cc1ccccc1)C(=O)NC(CC(=O)O)C(=O)O. The van der Waals surface area contributed by atoms with Crippen molar-refractivity contribution in [2.24, 2.45) is 11.5 Å². The van der Waals surface area contributed by atoms with Crippen LogP contribution in [0.4, 0.5) is 0 Å². The Labute approximate surface area is 182 Å². The molecule has 3 unspecified atom stereocenters. The molecule has 1 rings (SSSR count). The Morgan fingerprint density at radius 2 is 1.50 bits per heavy atom. The highest BCUT2D eigenvalue weighted by atomic mass is 16.4. The van der Waals surface area contributed by atoms with E-state index in [1.807, 2.05) is 5.32 Å². The van der Waals surface area contributed by atoms with E-state index in [0.717, 1.165) is 5.56 Å². The number of carbonyl (C=O) groups excluding carboxylic acids is 4. The van der Waals surface area contributed by atoms with Gasteiger partial charge in [0.15, 0.2) is 0 Å². The van der Waals surface area contributed by atoms with E-state index in [1.54, 1.807) is 30.3 Å². The summed E-state index contributed by atoms with van der Waals surface area (Å²) in [6.07, 6.45) is -1.38. The number of nitrogens with one attached hydrogen (secondary N) is 3. The number of benzene rings is 1. The first-order valence-electron chi connectivity index (χ1n) is 9.39. The third-order valence-electron chi connectivity index (χ3n) is 4.11. The Morgan fingerprint density at radius 1 is 0.875 bits per heavy atom. The van der Waals surface area contributed by atoms with Crippen LogP contribution in [0.15, 0.2) is 30.3 Å². The van der Waals surface area contributed by atoms with E-state index in [9.17, 15) is 28.8 Å². The van der Waals surface area contributed by atoms with Crippen LogP contribution in [0.5, 0.6) is 0 Å². The van der Waals surface area contributed by atoms with E-state index in [1.165, 1.54) is 0 Å². The summed E-state index contributed by atoms with van der Waals surface area (Å²) >= 11 is 0. The van der Waals surface area contributed by atoms with E-state index >= 15 is 0 Å². The molecule has 0 aliphatic heterocycles. The molecule has 0 saturated heterocycles. The second kappa shape index (κ2) is 12.6. The number of primary amides is 1. The lowest BCUT2D eigenvalue weighted by molar-refractivity contribution is -0.147. The third kappa shape index (κ3) is 9.67. The van der Waals surface area contributed by atoms with Crippen LogP contribution in [0.25, 0.3) is 0 Å². The van der Waals surface area contributed by atoms with E-state index in [2.05, 4.69) is 10.6 Å². The van der Waals surface area contributed by atoms with Gasteiger partial charge >= 0.3 is 11.9 Å². The van der Waals surface area contributed by atoms with Gasteiger partial charge in [-0.3, -0.25) is 24.0 Å². The van der Waals surface area contributed by atoms with Gasteiger partial charge in [-0.05, 0) is 12.0 Å². The largest absolute Gasteiger partial charge is 0.481 e. The number of hydrogen-bond donors (Lipinski definition) is 7. The topological polar surface area (TPSA) is 231 Å². The molecule has 0 bridgehead atoms. The smallest absolute Gasteiger partial charge is 0.326 e. The van der Waals surface area contributed by atoms with Crippen molar-refractivity contribution in [3.05, 3.63) is 35.9 Å². The summed E-state index contributed by atoms with van der Waals surface area (Å²) in [5.74, 6) is -6.72. The van der Waals surface area contributed by atoms with Crippen LogP contribution in [0, 0.1) is 0 Å². The molecule has 1 aromatic rings. The van der Waals surface area contributed by atoms with Gasteiger partial charge in [-0.25, -0.2) is 4.79 Å². The average molecular weight is 451 g/mol. The molecule has 0 heterocycles. The molecule has 174 valence electrons. The van der Waals surface area contributed by atoms with Crippen molar-refractivity contribution in [1.82, 2.24) is 16.0 Å². The lowest BCUT2D eigenvalue weighted by Crippen LogP contribution is -2.55. The quantitative estimate of drug-likeness (QED) is 0.162. The molecule has 0 saturated carbocycles. The van der Waals surface area contributed by atoms with E-state index in [-0.39, 0.29) is 6.42 Å². The lowest BCUT2D eigenvalue weighted by Gasteiger charge is -2.20. The summed E-state index contributed by atoms with van der Waals surface area (Å²) in [5, 5.41) is 24.1. The highest BCUT2D eigenvalue weighted by molar-refractivity contribution is 5.95. The summed E-state index contributed by atoms with van der Waals surface area (Å²) in [7, 11) is 0. The fourth-order valence-electron chi connectivity index (χ4n) is 2.56. The first-order valence-corrected chi connectivity index (χ1v) is 9.39. The van der Waals surface area contributed by atoms with Crippen LogP contribution in [0.3, 0.4) is 0 Å². The third-order valence-corrected chi connectivity index (χ3v) is 4.11. The highest BCUT2D eigenvalue weighted by Gasteiger charge is 2.29. The number of amides is 4. The molecule has 3 atom stereocenters. The second-order valence-corrected chi connectivity index (χ2v) is 6.80. The minimum absolute atomic E-state index is 0.223. The van der Waals surface area contributed by atoms with Crippen molar-refractivity contribution in [3.63, 3.8) is 0 Å². The summed E-state index contributed by atoms with van der Waals surface area (Å²) in [6, 6.07) is 4.61. The molecule has 32 heavy (non-hydrogen) atoms. The maximum atomic E-state index is 12.3. The van der Waals surface area contributed by atoms with Gasteiger partial charge in [0.05, 0.1) is 25.4 Å². The maximum Gasteiger partial charge on any atom is 0.326 e. The molecular formula is C19H25N5O8. The molecule has 0 aromatic heterocycles. The summed E-state index contributed by atoms with van der Waals surface area (Å²) in [4.78, 5) is 69.5. The van der Waals surface area contributed by atoms with Crippen molar-refractivity contribution in [2.75, 3.05) is 6.54 Å². The Morgan fingerprint density at radius 3 is 2.03 bits per heavy atom. The predicted octanol–water partition coefficient (Wildman–Crippen LogP) is -2.92. The summed E-state index contributed by atoms with van der Waals surface area (Å²) < 4.78 is 0. The van der Waals surface area contributed by atoms with Crippen LogP contribution in [0.2, 0.25) is 0 Å². The highest BCUT2D eigenvalue weighted by Crippen LogP contribution is 2.02. The Balaban J connectivity index is 2.65. The van der Waals surface area contributed by atoms with Crippen molar-refractivity contribution in [3.8, 4) is 0 Å². The van der Waals surface area contributed by atoms with E-state index in [4.69, 9.17) is 21.7 Å². The first kappa shape index (κ1) is 26.0. The van der Waals surface area contributed by atoms with Crippen molar-refractivity contribution < 1.29 is 39.0 Å². The number of carbonyl (C=O) groups is 6. The molecule has 13 nitrogen and oxygen atoms in total. The molecule has 4 amide bonds. The fourth-order valence-corrected chi connectivity index (χ4v) is 2.56. The molecule has 13 heteroatoms. The van der Waals surface area contributed by atoms with Gasteiger partial charge in [-0.1, -0.05) is 30.3 Å². The van der Waals surface area contributed by atoms with Gasteiger partial charge in [0, 0.05) is 0 Å². The molecule has 0 radical (unpaired) electrons. The molecule has 1 aromatic carbocycles. The number of hydrogen-bond acceptors (Lipinski definition) is 7. The zero-order chi connectivity index (χ0) is 24.3. The van der Waals surface area contributed by atoms with Crippen LogP contribution < -0.4 is 27.4 Å². The van der Waals surface area contributed by atoms with Gasteiger partial charge in [-0.2, -0.15) is 0 Å². The molecule has 0 aliphatic rings. The van der Waals surface area contributed by atoms with Crippen LogP contribution in [-0.2, 0) is 35.2 Å². The Hall–Kier alpha value is -4.00. The zero-order valence-corrected chi connectivity index (χ0v) is 16.9. The lowest BCUT2D eigenvalue weighted by atomic mass is 10.1. The van der Waals surface area contributed by atoms with Crippen molar-refractivity contribution >= 4 is 35.6 Å². The summed E-state index contributed by atoms with van der Waals surface area (Å²) in [5.41, 5.74) is 11.7. The van der Waals surface area contributed by atoms with Gasteiger partial charge in [-0.15, -0.1) is 0 Å². The molecule has 0 aliphatic carbocycles. The van der Waals surface area contributed by atoms with Gasteiger partial charge < -0.3 is 37.6 Å². The van der Waals surface area contributed by atoms with E-state index in [0.29, 0.717) is 0 Å². The number of carboxylic acid groups (broad SMARTS) is 2. The van der Waals surface area contributed by atoms with Crippen LogP contribution in [0.1, 0.15) is 18.4 Å². The minimum Gasteiger partial charge on any atom is -0.481 e. The first-order chi connectivity index (χ1) is 15.0. The van der Waals surface area contributed by atoms with Crippen molar-refractivity contribution in [2.45, 2.75) is 37.4 Å². The van der Waals surface area contributed by atoms with E-state index < -0.39 is 73.1 Å². The molecular weight excluding hydrogens is 426 g/mol. The predicted molar refractivity (Wildman–Crippen MR) is 109 cm³/mol. The van der Waals surface area contributed by atoms with Crippen molar-refractivity contribution in [1.29, 1.82) is 0 Å². The van der Waals surface area contributed by atoms with Gasteiger partial charge in [0.2, 0.25) is 23.6 Å². The fraction of sp³-hybridized carbons (Fsp3) is 0.368. The zero-order valence-electron chi connectivity index (χ0n) is 16.9. The van der Waals surface area contributed by atoms with Crippen LogP contribution >= 0.6 is 0 Å². The van der Waals surface area contributed by atoms with Gasteiger partial charge in [0.25, 0.3) is 0 Å². The number of aliphatic carboxylic acids is 2. The average Bonchev–Trinajstić information content (AvgIpc) is 2.70. The standard InChI is InChI=1S/C19H25N5O8/c20-11(6-10-4-2-1-3-5-10)17(29)22-9-15(26)23-12(7-14(21)25)18(30)24-13(19(31)32)8-16(27)28/h1-5,11-13H,6-9,20H2,(H2,21,25)(H,22,29)(H,23,26)(H,24,30)(H,27,28)(H,31,32). The Kier molecular flexibility index (Phi) is 10.3. The minimum atomic E-state index is -1.79. The van der Waals surface area contributed by atoms with Gasteiger partial charge in [0.1, 0.15) is 12.1 Å². The molecule has 0 spiro atoms. The number of carboxylic acids is 2. The monoisotopic (exact) mass is 451 g/mol. The normalized spacial score (nSPS) is 13.2. The second-order valence-electron chi connectivity index (χ2n) is 6.80. The summed E-state index contributed by atoms with van der Waals surface area (Å²) in [6.45, 7) is -0.582. The number of nitrogens with two attached hydrogens (primary N) is 2. The maximum absolute atomic E-state index is 12.3. The Bertz CT molecular complexity index is 861.